The van der Waals surface area contributed by atoms with Gasteiger partial charge in [0.1, 0.15) is 0 Å². The van der Waals surface area contributed by atoms with Crippen molar-refractivity contribution in [3.05, 3.63) is 0 Å². The van der Waals surface area contributed by atoms with E-state index in [1.165, 1.54) is 12.8 Å². The number of carbonyl (C=O) groups excluding carboxylic acids is 1. The fourth-order valence-corrected chi connectivity index (χ4v) is 1.78. The normalized spacial score (nSPS) is 21.2. The smallest absolute Gasteiger partial charge is 0.234 e. The van der Waals surface area contributed by atoms with Crippen molar-refractivity contribution in [3.63, 3.8) is 0 Å². The molecule has 0 aromatic carbocycles. The van der Waals surface area contributed by atoms with E-state index in [9.17, 15) is 4.79 Å². The standard InChI is InChI=1S/C11H19N3O/c1-3-6-12-9-11(15)13-8-10-5-4-7-14(10)2/h1,10,12H,4-9H2,2H3,(H,13,15). The Balaban J connectivity index is 2.08. The lowest BCUT2D eigenvalue weighted by Gasteiger charge is -2.19. The Morgan fingerprint density at radius 1 is 1.67 bits per heavy atom. The number of likely N-dealkylation sites (tertiary alicyclic amines) is 1. The van der Waals surface area contributed by atoms with E-state index in [4.69, 9.17) is 6.42 Å². The van der Waals surface area contributed by atoms with Crippen LogP contribution in [0.3, 0.4) is 0 Å². The van der Waals surface area contributed by atoms with Gasteiger partial charge in [-0.3, -0.25) is 10.1 Å². The highest BCUT2D eigenvalue weighted by Gasteiger charge is 2.20. The molecule has 0 bridgehead atoms. The van der Waals surface area contributed by atoms with Crippen molar-refractivity contribution < 1.29 is 4.79 Å². The molecule has 0 radical (unpaired) electrons. The lowest BCUT2D eigenvalue weighted by molar-refractivity contribution is -0.120. The van der Waals surface area contributed by atoms with Crippen LogP contribution >= 0.6 is 0 Å². The van der Waals surface area contributed by atoms with E-state index in [-0.39, 0.29) is 5.91 Å². The van der Waals surface area contributed by atoms with Gasteiger partial charge in [0.2, 0.25) is 5.91 Å². The van der Waals surface area contributed by atoms with Crippen LogP contribution in [-0.2, 0) is 4.79 Å². The van der Waals surface area contributed by atoms with Crippen LogP contribution in [0.5, 0.6) is 0 Å². The maximum absolute atomic E-state index is 11.3. The third-order valence-corrected chi connectivity index (χ3v) is 2.72. The zero-order valence-corrected chi connectivity index (χ0v) is 9.25. The molecule has 1 unspecified atom stereocenters. The second-order valence-electron chi connectivity index (χ2n) is 3.89. The number of hydrogen-bond acceptors (Lipinski definition) is 3. The van der Waals surface area contributed by atoms with Crippen molar-refractivity contribution in [1.82, 2.24) is 15.5 Å². The van der Waals surface area contributed by atoms with E-state index in [0.29, 0.717) is 19.1 Å². The van der Waals surface area contributed by atoms with Crippen molar-refractivity contribution in [1.29, 1.82) is 0 Å². The van der Waals surface area contributed by atoms with Gasteiger partial charge >= 0.3 is 0 Å². The highest BCUT2D eigenvalue weighted by atomic mass is 16.1. The fraction of sp³-hybridized carbons (Fsp3) is 0.727. The average molecular weight is 209 g/mol. The van der Waals surface area contributed by atoms with E-state index < -0.39 is 0 Å². The molecule has 0 aromatic heterocycles. The Bertz CT molecular complexity index is 247. The number of amides is 1. The monoisotopic (exact) mass is 209 g/mol. The Hall–Kier alpha value is -1.05. The van der Waals surface area contributed by atoms with Crippen LogP contribution < -0.4 is 10.6 Å². The van der Waals surface area contributed by atoms with E-state index >= 15 is 0 Å². The second kappa shape index (κ2) is 6.44. The number of rotatable bonds is 5. The Morgan fingerprint density at radius 3 is 3.07 bits per heavy atom. The van der Waals surface area contributed by atoms with E-state index in [0.717, 1.165) is 13.1 Å². The molecule has 4 nitrogen and oxygen atoms in total. The summed E-state index contributed by atoms with van der Waals surface area (Å²) in [6.45, 7) is 2.63. The molecule has 1 amide bonds. The molecule has 15 heavy (non-hydrogen) atoms. The number of terminal acetylenes is 1. The number of nitrogens with one attached hydrogen (secondary N) is 2. The van der Waals surface area contributed by atoms with Crippen LogP contribution in [-0.4, -0.2) is 50.1 Å². The first-order valence-corrected chi connectivity index (χ1v) is 5.35. The molecule has 1 rings (SSSR count). The molecule has 1 saturated heterocycles. The van der Waals surface area contributed by atoms with Crippen molar-refractivity contribution in [2.45, 2.75) is 18.9 Å². The first-order valence-electron chi connectivity index (χ1n) is 5.35. The summed E-state index contributed by atoms with van der Waals surface area (Å²) in [5, 5.41) is 5.76. The molecule has 0 aliphatic carbocycles. The molecule has 4 heteroatoms. The average Bonchev–Trinajstić information content (AvgIpc) is 2.61. The van der Waals surface area contributed by atoms with Gasteiger partial charge in [-0.2, -0.15) is 0 Å². The van der Waals surface area contributed by atoms with Crippen molar-refractivity contribution in [3.8, 4) is 12.3 Å². The predicted molar refractivity (Wildman–Crippen MR) is 60.4 cm³/mol. The molecular formula is C11H19N3O. The Labute approximate surface area is 91.4 Å². The molecule has 1 heterocycles. The van der Waals surface area contributed by atoms with Gasteiger partial charge in [-0.15, -0.1) is 6.42 Å². The first kappa shape index (κ1) is 12.0. The molecule has 0 spiro atoms. The lowest BCUT2D eigenvalue weighted by atomic mass is 10.2. The van der Waals surface area contributed by atoms with Gasteiger partial charge in [0.15, 0.2) is 0 Å². The van der Waals surface area contributed by atoms with Crippen LogP contribution in [0.15, 0.2) is 0 Å². The second-order valence-corrected chi connectivity index (χ2v) is 3.89. The summed E-state index contributed by atoms with van der Waals surface area (Å²) in [4.78, 5) is 13.6. The first-order chi connectivity index (χ1) is 7.24. The molecule has 1 aliphatic rings. The number of hydrogen-bond donors (Lipinski definition) is 2. The minimum absolute atomic E-state index is 0.0190. The summed E-state index contributed by atoms with van der Waals surface area (Å²) in [6, 6.07) is 0.501. The fourth-order valence-electron chi connectivity index (χ4n) is 1.78. The quantitative estimate of drug-likeness (QED) is 0.470. The molecule has 1 fully saturated rings. The van der Waals surface area contributed by atoms with Crippen molar-refractivity contribution in [2.75, 3.05) is 33.2 Å². The molecule has 84 valence electrons. The summed E-state index contributed by atoms with van der Waals surface area (Å²) in [5.74, 6) is 2.45. The largest absolute Gasteiger partial charge is 0.353 e. The van der Waals surface area contributed by atoms with Crippen molar-refractivity contribution >= 4 is 5.91 Å². The highest BCUT2D eigenvalue weighted by Crippen LogP contribution is 2.13. The zero-order valence-electron chi connectivity index (χ0n) is 9.25. The zero-order chi connectivity index (χ0) is 11.1. The summed E-state index contributed by atoms with van der Waals surface area (Å²) in [5.41, 5.74) is 0. The maximum atomic E-state index is 11.3. The Kier molecular flexibility index (Phi) is 5.16. The highest BCUT2D eigenvalue weighted by molar-refractivity contribution is 5.78. The molecular weight excluding hydrogens is 190 g/mol. The van der Waals surface area contributed by atoms with Crippen LogP contribution in [0.1, 0.15) is 12.8 Å². The Morgan fingerprint density at radius 2 is 2.47 bits per heavy atom. The third kappa shape index (κ3) is 4.32. The SMILES string of the molecule is C#CCNCC(=O)NCC1CCCN1C. The lowest BCUT2D eigenvalue weighted by Crippen LogP contribution is -2.41. The molecule has 1 aliphatic heterocycles. The van der Waals surface area contributed by atoms with E-state index in [1.54, 1.807) is 0 Å². The maximum Gasteiger partial charge on any atom is 0.234 e. The number of nitrogens with zero attached hydrogens (tertiary/aromatic N) is 1. The van der Waals surface area contributed by atoms with Gasteiger partial charge in [0.25, 0.3) is 0 Å². The number of carbonyl (C=O) groups is 1. The van der Waals surface area contributed by atoms with Gasteiger partial charge in [0.05, 0.1) is 13.1 Å². The summed E-state index contributed by atoms with van der Waals surface area (Å²) in [6.07, 6.45) is 7.46. The molecule has 2 N–H and O–H groups in total. The minimum Gasteiger partial charge on any atom is -0.353 e. The molecule has 1 atom stereocenters. The summed E-state index contributed by atoms with van der Waals surface area (Å²) >= 11 is 0. The van der Waals surface area contributed by atoms with Gasteiger partial charge in [-0.1, -0.05) is 5.92 Å². The van der Waals surface area contributed by atoms with Gasteiger partial charge in [-0.25, -0.2) is 0 Å². The van der Waals surface area contributed by atoms with Crippen LogP contribution in [0, 0.1) is 12.3 Å². The van der Waals surface area contributed by atoms with Gasteiger partial charge in [-0.05, 0) is 26.4 Å². The van der Waals surface area contributed by atoms with E-state index in [1.807, 2.05) is 0 Å². The third-order valence-electron chi connectivity index (χ3n) is 2.72. The summed E-state index contributed by atoms with van der Waals surface area (Å²) in [7, 11) is 2.10. The van der Waals surface area contributed by atoms with Crippen LogP contribution in [0.25, 0.3) is 0 Å². The van der Waals surface area contributed by atoms with Crippen LogP contribution in [0.4, 0.5) is 0 Å². The molecule has 0 saturated carbocycles. The van der Waals surface area contributed by atoms with E-state index in [2.05, 4.69) is 28.5 Å². The summed E-state index contributed by atoms with van der Waals surface area (Å²) < 4.78 is 0. The predicted octanol–water partition coefficient (Wildman–Crippen LogP) is -0.580. The van der Waals surface area contributed by atoms with Crippen LogP contribution in [0.2, 0.25) is 0 Å². The van der Waals surface area contributed by atoms with Gasteiger partial charge in [0, 0.05) is 12.6 Å². The van der Waals surface area contributed by atoms with Gasteiger partial charge < -0.3 is 10.2 Å². The van der Waals surface area contributed by atoms with Crippen molar-refractivity contribution in [2.24, 2.45) is 0 Å². The molecule has 0 aromatic rings. The number of likely N-dealkylation sites (N-methyl/N-ethyl adjacent to an activating group) is 1. The minimum atomic E-state index is 0.0190. The topological polar surface area (TPSA) is 44.4 Å².